The van der Waals surface area contributed by atoms with E-state index in [-0.39, 0.29) is 6.10 Å². The van der Waals surface area contributed by atoms with E-state index in [1.807, 2.05) is 0 Å². The van der Waals surface area contributed by atoms with E-state index in [1.165, 1.54) is 25.5 Å². The second kappa shape index (κ2) is 8.22. The number of nitrogens with zero attached hydrogens (tertiary/aromatic N) is 1. The highest BCUT2D eigenvalue weighted by Crippen LogP contribution is 2.24. The lowest BCUT2D eigenvalue weighted by molar-refractivity contribution is 0.112. The predicted molar refractivity (Wildman–Crippen MR) is 78.5 cm³/mol. The number of piperidine rings is 1. The fourth-order valence-electron chi connectivity index (χ4n) is 2.83. The van der Waals surface area contributed by atoms with Gasteiger partial charge in [-0.25, -0.2) is 12.7 Å². The van der Waals surface area contributed by atoms with Crippen LogP contribution in [0.25, 0.3) is 0 Å². The highest BCUT2D eigenvalue weighted by atomic mass is 32.2. The molecule has 4 nitrogen and oxygen atoms in total. The fraction of sp³-hybridized carbons (Fsp3) is 1.00. The van der Waals surface area contributed by atoms with E-state index in [1.54, 1.807) is 4.31 Å². The average molecular weight is 291 g/mol. The summed E-state index contributed by atoms with van der Waals surface area (Å²) in [5, 5.41) is 10.0. The largest absolute Gasteiger partial charge is 0.393 e. The van der Waals surface area contributed by atoms with E-state index in [0.29, 0.717) is 19.0 Å². The zero-order valence-electron chi connectivity index (χ0n) is 12.3. The maximum Gasteiger partial charge on any atom is 0.211 e. The van der Waals surface area contributed by atoms with Crippen LogP contribution in [0.3, 0.4) is 0 Å². The summed E-state index contributed by atoms with van der Waals surface area (Å²) in [4.78, 5) is 0. The zero-order valence-corrected chi connectivity index (χ0v) is 13.2. The van der Waals surface area contributed by atoms with Crippen molar-refractivity contribution in [1.82, 2.24) is 4.31 Å². The van der Waals surface area contributed by atoms with Gasteiger partial charge in [-0.3, -0.25) is 0 Å². The Morgan fingerprint density at radius 2 is 2.05 bits per heavy atom. The lowest BCUT2D eigenvalue weighted by Crippen LogP contribution is -2.40. The van der Waals surface area contributed by atoms with Crippen molar-refractivity contribution in [2.45, 2.75) is 64.4 Å². The molecule has 1 heterocycles. The second-order valence-electron chi connectivity index (χ2n) is 5.87. The molecular weight excluding hydrogens is 262 g/mol. The number of rotatable bonds is 8. The van der Waals surface area contributed by atoms with Crippen LogP contribution in [0, 0.1) is 5.92 Å². The van der Waals surface area contributed by atoms with Gasteiger partial charge in [0, 0.05) is 13.1 Å². The smallest absolute Gasteiger partial charge is 0.211 e. The van der Waals surface area contributed by atoms with E-state index in [2.05, 4.69) is 6.92 Å². The number of unbranched alkanes of at least 4 members (excludes halogenated alkanes) is 3. The van der Waals surface area contributed by atoms with Gasteiger partial charge in [0.1, 0.15) is 0 Å². The number of hydrogen-bond donors (Lipinski definition) is 1. The van der Waals surface area contributed by atoms with Gasteiger partial charge in [-0.2, -0.15) is 0 Å². The van der Waals surface area contributed by atoms with Crippen LogP contribution in [0.4, 0.5) is 0 Å². The summed E-state index contributed by atoms with van der Waals surface area (Å²) in [6.07, 6.45) is 9.29. The van der Waals surface area contributed by atoms with Gasteiger partial charge in [0.15, 0.2) is 0 Å². The van der Waals surface area contributed by atoms with Crippen molar-refractivity contribution in [3.05, 3.63) is 0 Å². The van der Waals surface area contributed by atoms with E-state index in [0.717, 1.165) is 32.1 Å². The lowest BCUT2D eigenvalue weighted by Gasteiger charge is -2.32. The fourth-order valence-corrected chi connectivity index (χ4v) is 3.77. The Hall–Kier alpha value is -0.130. The number of aliphatic hydroxyl groups excluding tert-OH is 1. The Morgan fingerprint density at radius 3 is 2.68 bits per heavy atom. The van der Waals surface area contributed by atoms with Crippen LogP contribution in [0.1, 0.15) is 58.3 Å². The van der Waals surface area contributed by atoms with Gasteiger partial charge in [0.2, 0.25) is 10.0 Å². The van der Waals surface area contributed by atoms with Gasteiger partial charge < -0.3 is 5.11 Å². The van der Waals surface area contributed by atoms with Crippen LogP contribution in [0.15, 0.2) is 0 Å². The topological polar surface area (TPSA) is 57.6 Å². The first-order valence-electron chi connectivity index (χ1n) is 7.56. The monoisotopic (exact) mass is 291 g/mol. The van der Waals surface area contributed by atoms with Crippen molar-refractivity contribution in [1.29, 1.82) is 0 Å². The zero-order chi connectivity index (χ0) is 14.3. The van der Waals surface area contributed by atoms with E-state index in [4.69, 9.17) is 0 Å². The predicted octanol–water partition coefficient (Wildman–Crippen LogP) is 2.38. The molecule has 1 saturated heterocycles. The molecule has 1 N–H and O–H groups in total. The van der Waals surface area contributed by atoms with Crippen LogP contribution in [0.5, 0.6) is 0 Å². The molecule has 1 aliphatic rings. The third-order valence-electron chi connectivity index (χ3n) is 3.95. The minimum absolute atomic E-state index is 0.263. The molecule has 19 heavy (non-hydrogen) atoms. The highest BCUT2D eigenvalue weighted by molar-refractivity contribution is 7.88. The Bertz CT molecular complexity index is 343. The van der Waals surface area contributed by atoms with Gasteiger partial charge in [-0.05, 0) is 31.6 Å². The van der Waals surface area contributed by atoms with Crippen molar-refractivity contribution >= 4 is 10.0 Å². The average Bonchev–Trinajstić information content (AvgIpc) is 2.34. The maximum absolute atomic E-state index is 11.5. The molecule has 2 unspecified atom stereocenters. The summed E-state index contributed by atoms with van der Waals surface area (Å²) in [5.74, 6) is 0.324. The molecule has 0 aliphatic carbocycles. The Labute approximate surface area is 118 Å². The summed E-state index contributed by atoms with van der Waals surface area (Å²) < 4.78 is 24.6. The molecule has 0 radical (unpaired) electrons. The SMILES string of the molecule is CCCCCCC(O)CC1CCCN(S(C)(=O)=O)C1. The number of sulfonamides is 1. The summed E-state index contributed by atoms with van der Waals surface area (Å²) >= 11 is 0. The minimum Gasteiger partial charge on any atom is -0.393 e. The van der Waals surface area contributed by atoms with Gasteiger partial charge in [-0.1, -0.05) is 32.6 Å². The Kier molecular flexibility index (Phi) is 7.32. The van der Waals surface area contributed by atoms with E-state index < -0.39 is 10.0 Å². The van der Waals surface area contributed by atoms with Crippen LogP contribution in [-0.4, -0.2) is 43.3 Å². The molecular formula is C14H29NO3S. The van der Waals surface area contributed by atoms with Crippen molar-refractivity contribution in [3.8, 4) is 0 Å². The molecule has 1 aliphatic heterocycles. The maximum atomic E-state index is 11.5. The summed E-state index contributed by atoms with van der Waals surface area (Å²) in [7, 11) is -3.07. The van der Waals surface area contributed by atoms with Crippen LogP contribution >= 0.6 is 0 Å². The van der Waals surface area contributed by atoms with Crippen LogP contribution in [-0.2, 0) is 10.0 Å². The van der Waals surface area contributed by atoms with Crippen molar-refractivity contribution in [2.24, 2.45) is 5.92 Å². The third kappa shape index (κ3) is 6.72. The molecule has 0 amide bonds. The van der Waals surface area contributed by atoms with Gasteiger partial charge in [0.25, 0.3) is 0 Å². The molecule has 1 fully saturated rings. The third-order valence-corrected chi connectivity index (χ3v) is 5.22. The molecule has 0 saturated carbocycles. The van der Waals surface area contributed by atoms with Gasteiger partial charge in [0.05, 0.1) is 12.4 Å². The molecule has 5 heteroatoms. The first-order valence-corrected chi connectivity index (χ1v) is 9.41. The quantitative estimate of drug-likeness (QED) is 0.699. The molecule has 0 aromatic carbocycles. The normalized spacial score (nSPS) is 23.4. The molecule has 0 bridgehead atoms. The van der Waals surface area contributed by atoms with Crippen molar-refractivity contribution < 1.29 is 13.5 Å². The minimum atomic E-state index is -3.07. The van der Waals surface area contributed by atoms with Crippen LogP contribution in [0.2, 0.25) is 0 Å². The highest BCUT2D eigenvalue weighted by Gasteiger charge is 2.26. The van der Waals surface area contributed by atoms with E-state index >= 15 is 0 Å². The first-order chi connectivity index (χ1) is 8.93. The van der Waals surface area contributed by atoms with Crippen molar-refractivity contribution in [3.63, 3.8) is 0 Å². The lowest BCUT2D eigenvalue weighted by atomic mass is 9.91. The molecule has 0 aromatic heterocycles. The Morgan fingerprint density at radius 1 is 1.32 bits per heavy atom. The molecule has 114 valence electrons. The van der Waals surface area contributed by atoms with Crippen LogP contribution < -0.4 is 0 Å². The van der Waals surface area contributed by atoms with Gasteiger partial charge in [-0.15, -0.1) is 0 Å². The molecule has 0 spiro atoms. The summed E-state index contributed by atoms with van der Waals surface area (Å²) in [6, 6.07) is 0. The molecule has 0 aromatic rings. The van der Waals surface area contributed by atoms with E-state index in [9.17, 15) is 13.5 Å². The number of aliphatic hydroxyl groups is 1. The summed E-state index contributed by atoms with van der Waals surface area (Å²) in [6.45, 7) is 3.41. The standard InChI is InChI=1S/C14H29NO3S/c1-3-4-5-6-9-14(16)11-13-8-7-10-15(12-13)19(2,17)18/h13-14,16H,3-12H2,1-2H3. The first kappa shape index (κ1) is 16.9. The molecule has 1 rings (SSSR count). The number of hydrogen-bond acceptors (Lipinski definition) is 3. The summed E-state index contributed by atoms with van der Waals surface area (Å²) in [5.41, 5.74) is 0. The molecule has 2 atom stereocenters. The second-order valence-corrected chi connectivity index (χ2v) is 7.85. The van der Waals surface area contributed by atoms with Crippen molar-refractivity contribution in [2.75, 3.05) is 19.3 Å². The van der Waals surface area contributed by atoms with Gasteiger partial charge >= 0.3 is 0 Å². The Balaban J connectivity index is 2.28.